The first kappa shape index (κ1) is 16.8. The fourth-order valence-electron chi connectivity index (χ4n) is 1.78. The highest BCUT2D eigenvalue weighted by atomic mass is 35.5. The van der Waals surface area contributed by atoms with E-state index >= 15 is 0 Å². The number of nitrogens with zero attached hydrogens (tertiary/aromatic N) is 1. The second-order valence-electron chi connectivity index (χ2n) is 4.45. The van der Waals surface area contributed by atoms with E-state index < -0.39 is 17.6 Å². The van der Waals surface area contributed by atoms with Crippen LogP contribution >= 0.6 is 11.6 Å². The molecule has 2 aromatic rings. The Hall–Kier alpha value is -2.54. The van der Waals surface area contributed by atoms with Crippen molar-refractivity contribution < 1.29 is 23.1 Å². The lowest BCUT2D eigenvalue weighted by molar-refractivity contribution is -0.137. The number of hydrazone groups is 1. The number of phenols is 1. The van der Waals surface area contributed by atoms with Crippen molar-refractivity contribution in [2.45, 2.75) is 6.18 Å². The number of halogens is 4. The van der Waals surface area contributed by atoms with E-state index in [4.69, 9.17) is 11.6 Å². The zero-order valence-corrected chi connectivity index (χ0v) is 12.2. The van der Waals surface area contributed by atoms with Gasteiger partial charge in [0.2, 0.25) is 0 Å². The smallest absolute Gasteiger partial charge is 0.417 e. The Morgan fingerprint density at radius 2 is 1.91 bits per heavy atom. The first-order valence-corrected chi connectivity index (χ1v) is 6.65. The van der Waals surface area contributed by atoms with Crippen molar-refractivity contribution >= 4 is 23.7 Å². The summed E-state index contributed by atoms with van der Waals surface area (Å²) in [5.41, 5.74) is 0.828. The monoisotopic (exact) mass is 342 g/mol. The highest BCUT2D eigenvalue weighted by molar-refractivity contribution is 6.31. The molecule has 0 saturated heterocycles. The Balaban J connectivity index is 2.17. The lowest BCUT2D eigenvalue weighted by Crippen LogP contribution is -2.18. The number of aromatic hydroxyl groups is 1. The van der Waals surface area contributed by atoms with Crippen molar-refractivity contribution in [1.29, 1.82) is 0 Å². The van der Waals surface area contributed by atoms with Gasteiger partial charge < -0.3 is 5.11 Å². The molecule has 0 aliphatic carbocycles. The minimum atomic E-state index is -4.53. The van der Waals surface area contributed by atoms with Gasteiger partial charge in [0, 0.05) is 10.6 Å². The second kappa shape index (κ2) is 6.70. The Bertz CT molecular complexity index is 761. The van der Waals surface area contributed by atoms with E-state index in [1.54, 1.807) is 0 Å². The molecule has 2 N–H and O–H groups in total. The summed E-state index contributed by atoms with van der Waals surface area (Å²) in [6, 6.07) is 8.62. The summed E-state index contributed by atoms with van der Waals surface area (Å²) in [4.78, 5) is 11.8. The molecule has 4 nitrogen and oxygen atoms in total. The molecule has 2 rings (SSSR count). The summed E-state index contributed by atoms with van der Waals surface area (Å²) >= 11 is 5.71. The third kappa shape index (κ3) is 4.23. The van der Waals surface area contributed by atoms with Crippen molar-refractivity contribution in [3.8, 4) is 5.75 Å². The lowest BCUT2D eigenvalue weighted by atomic mass is 10.1. The summed E-state index contributed by atoms with van der Waals surface area (Å²) in [5.74, 6) is -1.12. The highest BCUT2D eigenvalue weighted by Gasteiger charge is 2.32. The van der Waals surface area contributed by atoms with Crippen LogP contribution in [0.2, 0.25) is 5.02 Å². The average Bonchev–Trinajstić information content (AvgIpc) is 2.49. The van der Waals surface area contributed by atoms with Gasteiger partial charge >= 0.3 is 6.18 Å². The molecular weight excluding hydrogens is 333 g/mol. The molecule has 0 aliphatic heterocycles. The van der Waals surface area contributed by atoms with Gasteiger partial charge in [-0.15, -0.1) is 0 Å². The summed E-state index contributed by atoms with van der Waals surface area (Å²) in [7, 11) is 0. The van der Waals surface area contributed by atoms with Gasteiger partial charge in [0.25, 0.3) is 5.91 Å². The molecule has 2 aromatic carbocycles. The number of amides is 1. The molecular formula is C15H10ClF3N2O2. The van der Waals surface area contributed by atoms with Crippen LogP contribution in [0.1, 0.15) is 21.5 Å². The number of phenolic OH excluding ortho intramolecular Hbond substituents is 1. The third-order valence-electron chi connectivity index (χ3n) is 2.84. The normalized spacial score (nSPS) is 11.7. The van der Waals surface area contributed by atoms with Crippen LogP contribution in [0.15, 0.2) is 47.6 Å². The first-order valence-electron chi connectivity index (χ1n) is 6.27. The number of hydrogen-bond acceptors (Lipinski definition) is 3. The molecule has 0 bridgehead atoms. The third-order valence-corrected chi connectivity index (χ3v) is 3.07. The molecule has 0 unspecified atom stereocenters. The Kier molecular flexibility index (Phi) is 4.90. The van der Waals surface area contributed by atoms with Crippen LogP contribution < -0.4 is 5.43 Å². The lowest BCUT2D eigenvalue weighted by Gasteiger charge is -2.09. The van der Waals surface area contributed by atoms with Crippen LogP contribution in [0.25, 0.3) is 0 Å². The molecule has 1 amide bonds. The molecule has 23 heavy (non-hydrogen) atoms. The zero-order chi connectivity index (χ0) is 17.0. The van der Waals surface area contributed by atoms with Gasteiger partial charge in [0.05, 0.1) is 17.3 Å². The second-order valence-corrected chi connectivity index (χ2v) is 4.88. The van der Waals surface area contributed by atoms with Crippen LogP contribution in [0.3, 0.4) is 0 Å². The summed E-state index contributed by atoms with van der Waals surface area (Å²) in [6.07, 6.45) is -3.65. The molecule has 0 spiro atoms. The van der Waals surface area contributed by atoms with Crippen LogP contribution in [0, 0.1) is 0 Å². The number of nitrogens with one attached hydrogen (secondary N) is 1. The molecule has 0 saturated carbocycles. The number of carbonyl (C=O) groups excluding carboxylic acids is 1. The zero-order valence-electron chi connectivity index (χ0n) is 11.4. The van der Waals surface area contributed by atoms with E-state index in [1.165, 1.54) is 36.4 Å². The van der Waals surface area contributed by atoms with E-state index in [0.29, 0.717) is 0 Å². The van der Waals surface area contributed by atoms with Crippen molar-refractivity contribution in [3.05, 3.63) is 64.2 Å². The minimum Gasteiger partial charge on any atom is -0.507 e. The quantitative estimate of drug-likeness (QED) is 0.658. The standard InChI is InChI=1S/C15H10ClF3N2O2/c16-10-5-6-13(22)11(7-10)14(23)21-20-8-9-3-1-2-4-12(9)15(17,18)19/h1-8,22H,(H,21,23). The van der Waals surface area contributed by atoms with Gasteiger partial charge in [-0.25, -0.2) is 5.43 Å². The van der Waals surface area contributed by atoms with Gasteiger partial charge in [0.1, 0.15) is 5.75 Å². The molecule has 0 atom stereocenters. The van der Waals surface area contributed by atoms with Crippen molar-refractivity contribution in [2.24, 2.45) is 5.10 Å². The first-order chi connectivity index (χ1) is 10.8. The average molecular weight is 343 g/mol. The fourth-order valence-corrected chi connectivity index (χ4v) is 1.95. The summed E-state index contributed by atoms with van der Waals surface area (Å²) in [5, 5.41) is 13.3. The van der Waals surface area contributed by atoms with Gasteiger partial charge in [-0.2, -0.15) is 18.3 Å². The summed E-state index contributed by atoms with van der Waals surface area (Å²) in [6.45, 7) is 0. The van der Waals surface area contributed by atoms with Gasteiger partial charge in [-0.05, 0) is 24.3 Å². The predicted octanol–water partition coefficient (Wildman–Crippen LogP) is 3.83. The van der Waals surface area contributed by atoms with E-state index in [9.17, 15) is 23.1 Å². The van der Waals surface area contributed by atoms with E-state index in [1.807, 2.05) is 5.43 Å². The van der Waals surface area contributed by atoms with E-state index in [0.717, 1.165) is 12.3 Å². The Morgan fingerprint density at radius 3 is 2.61 bits per heavy atom. The number of alkyl halides is 3. The van der Waals surface area contributed by atoms with Crippen LogP contribution in [0.5, 0.6) is 5.75 Å². The van der Waals surface area contributed by atoms with Crippen LogP contribution in [-0.4, -0.2) is 17.2 Å². The molecule has 0 radical (unpaired) electrons. The van der Waals surface area contributed by atoms with Gasteiger partial charge in [0.15, 0.2) is 0 Å². The maximum absolute atomic E-state index is 12.8. The summed E-state index contributed by atoms with van der Waals surface area (Å²) < 4.78 is 38.4. The van der Waals surface area contributed by atoms with E-state index in [2.05, 4.69) is 5.10 Å². The SMILES string of the molecule is O=C(NN=Cc1ccccc1C(F)(F)F)c1cc(Cl)ccc1O. The number of hydrogen-bond donors (Lipinski definition) is 2. The predicted molar refractivity (Wildman–Crippen MR) is 79.6 cm³/mol. The van der Waals surface area contributed by atoms with Crippen LogP contribution in [-0.2, 0) is 6.18 Å². The molecule has 0 heterocycles. The van der Waals surface area contributed by atoms with Crippen molar-refractivity contribution in [2.75, 3.05) is 0 Å². The fraction of sp³-hybridized carbons (Fsp3) is 0.0667. The van der Waals surface area contributed by atoms with Gasteiger partial charge in [-0.3, -0.25) is 4.79 Å². The maximum Gasteiger partial charge on any atom is 0.417 e. The minimum absolute atomic E-state index is 0.140. The van der Waals surface area contributed by atoms with E-state index in [-0.39, 0.29) is 21.9 Å². The molecule has 0 fully saturated rings. The highest BCUT2D eigenvalue weighted by Crippen LogP contribution is 2.31. The molecule has 8 heteroatoms. The maximum atomic E-state index is 12.8. The number of carbonyl (C=O) groups is 1. The molecule has 0 aromatic heterocycles. The Labute approximate surface area is 134 Å². The van der Waals surface area contributed by atoms with Crippen LogP contribution in [0.4, 0.5) is 13.2 Å². The topological polar surface area (TPSA) is 61.7 Å². The number of benzene rings is 2. The molecule has 120 valence electrons. The largest absolute Gasteiger partial charge is 0.507 e. The van der Waals surface area contributed by atoms with Crippen molar-refractivity contribution in [3.63, 3.8) is 0 Å². The van der Waals surface area contributed by atoms with Crippen molar-refractivity contribution in [1.82, 2.24) is 5.43 Å². The van der Waals surface area contributed by atoms with Gasteiger partial charge in [-0.1, -0.05) is 29.8 Å². The molecule has 0 aliphatic rings. The number of rotatable bonds is 3. The Morgan fingerprint density at radius 1 is 1.22 bits per heavy atom.